The predicted molar refractivity (Wildman–Crippen MR) is 26.2 cm³/mol. The van der Waals surface area contributed by atoms with Gasteiger partial charge in [-0.2, -0.15) is 0 Å². The maximum atomic E-state index is 10.2. The monoisotopic (exact) mass is 152 g/mol. The molecule has 4 nitrogen and oxygen atoms in total. The van der Waals surface area contributed by atoms with Gasteiger partial charge in [0.15, 0.2) is 0 Å². The number of carbonyl (C=O) groups excluding carboxylic acids is 2. The fourth-order valence-corrected chi connectivity index (χ4v) is 0.230. The number of ether oxygens (including phenoxy) is 1. The molecule has 0 unspecified atom stereocenters. The Morgan fingerprint density at radius 2 is 2.00 bits per heavy atom. The van der Waals surface area contributed by atoms with Gasteiger partial charge in [0, 0.05) is 0 Å². The van der Waals surface area contributed by atoms with E-state index in [-0.39, 0.29) is 35.8 Å². The van der Waals surface area contributed by atoms with E-state index in [1.54, 1.807) is 0 Å². The van der Waals surface area contributed by atoms with Crippen molar-refractivity contribution < 1.29 is 49.0 Å². The number of methoxy groups -OCH3 is 1. The van der Waals surface area contributed by atoms with Crippen molar-refractivity contribution in [2.75, 3.05) is 7.11 Å². The Kier molecular flexibility index (Phi) is 8.40. The molecule has 0 aromatic heterocycles. The third-order valence-electron chi connectivity index (χ3n) is 0.606. The van der Waals surface area contributed by atoms with Crippen molar-refractivity contribution in [2.45, 2.75) is 0 Å². The van der Waals surface area contributed by atoms with Gasteiger partial charge in [-0.3, -0.25) is 4.79 Å². The maximum Gasteiger partial charge on any atom is 1.00 e. The van der Waals surface area contributed by atoms with Crippen molar-refractivity contribution in [1.29, 1.82) is 0 Å². The molecule has 0 aliphatic heterocycles. The summed E-state index contributed by atoms with van der Waals surface area (Å²) in [7, 11) is 1.07. The third-order valence-corrected chi connectivity index (χ3v) is 0.606. The van der Waals surface area contributed by atoms with Gasteiger partial charge >= 0.3 is 35.5 Å². The van der Waals surface area contributed by atoms with E-state index in [0.717, 1.165) is 7.11 Å². The van der Waals surface area contributed by atoms with E-state index in [1.165, 1.54) is 0 Å². The maximum absolute atomic E-state index is 10.2. The van der Waals surface area contributed by atoms with Crippen LogP contribution in [0, 0.1) is 0 Å². The smallest absolute Gasteiger partial charge is 0.878 e. The first-order chi connectivity index (χ1) is 4.22. The van der Waals surface area contributed by atoms with Crippen LogP contribution in [0.1, 0.15) is 0 Å². The van der Waals surface area contributed by atoms with Crippen LogP contribution in [-0.2, 0) is 14.3 Å². The van der Waals surface area contributed by atoms with E-state index in [9.17, 15) is 14.7 Å². The zero-order valence-corrected chi connectivity index (χ0v) is 7.79. The van der Waals surface area contributed by atoms with E-state index in [4.69, 9.17) is 0 Å². The minimum Gasteiger partial charge on any atom is -0.878 e. The summed E-state index contributed by atoms with van der Waals surface area (Å²) in [4.78, 5) is 20.4. The molecule has 0 aliphatic carbocycles. The van der Waals surface area contributed by atoms with Gasteiger partial charge < -0.3 is 9.84 Å². The molecule has 50 valence electrons. The van der Waals surface area contributed by atoms with Gasteiger partial charge in [-0.1, -0.05) is 0 Å². The minimum atomic E-state index is -1.03. The van der Waals surface area contributed by atoms with Gasteiger partial charge in [0.2, 0.25) is 0 Å². The zero-order valence-electron chi connectivity index (χ0n) is 5.79. The molecule has 0 aromatic carbocycles. The van der Waals surface area contributed by atoms with E-state index >= 15 is 0 Å². The molecule has 0 saturated carbocycles. The first-order valence-electron chi connectivity index (χ1n) is 2.13. The Balaban J connectivity index is 0. The normalized spacial score (nSPS) is 8.50. The Morgan fingerprint density at radius 3 is 2.30 bits per heavy atom. The van der Waals surface area contributed by atoms with Gasteiger partial charge in [0.25, 0.3) is 5.78 Å². The molecule has 0 fully saturated rings. The van der Waals surface area contributed by atoms with Crippen molar-refractivity contribution in [3.8, 4) is 0 Å². The Morgan fingerprint density at radius 1 is 1.50 bits per heavy atom. The molecule has 10 heavy (non-hydrogen) atoms. The summed E-state index contributed by atoms with van der Waals surface area (Å²) in [6.45, 7) is 0. The number of rotatable bonds is 2. The SMILES string of the molecule is COC(=O)C(=O)/C=C/[O-].[Na+]. The van der Waals surface area contributed by atoms with Crippen molar-refractivity contribution >= 4 is 11.8 Å². The van der Waals surface area contributed by atoms with Gasteiger partial charge in [0.05, 0.1) is 7.11 Å². The van der Waals surface area contributed by atoms with E-state index in [1.807, 2.05) is 0 Å². The first-order valence-corrected chi connectivity index (χ1v) is 2.13. The van der Waals surface area contributed by atoms with Crippen molar-refractivity contribution in [2.24, 2.45) is 0 Å². The second kappa shape index (κ2) is 6.80. The summed E-state index contributed by atoms with van der Waals surface area (Å²) in [5.41, 5.74) is 0. The van der Waals surface area contributed by atoms with Crippen molar-refractivity contribution in [1.82, 2.24) is 0 Å². The average Bonchev–Trinajstić information content (AvgIpc) is 1.87. The van der Waals surface area contributed by atoms with Crippen LogP contribution in [0.25, 0.3) is 0 Å². The van der Waals surface area contributed by atoms with Crippen molar-refractivity contribution in [3.63, 3.8) is 0 Å². The second-order valence-corrected chi connectivity index (χ2v) is 1.16. The fraction of sp³-hybridized carbons (Fsp3) is 0.200. The third kappa shape index (κ3) is 4.55. The van der Waals surface area contributed by atoms with Gasteiger partial charge in [0.1, 0.15) is 0 Å². The number of hydrogen-bond acceptors (Lipinski definition) is 4. The fourth-order valence-electron chi connectivity index (χ4n) is 0.230. The van der Waals surface area contributed by atoms with Gasteiger partial charge in [-0.25, -0.2) is 4.79 Å². The van der Waals surface area contributed by atoms with E-state index < -0.39 is 11.8 Å². The Labute approximate surface area is 80.2 Å². The summed E-state index contributed by atoms with van der Waals surface area (Å²) in [6, 6.07) is 0. The molecule has 0 aromatic rings. The summed E-state index contributed by atoms with van der Waals surface area (Å²) in [6.07, 6.45) is 0.838. The van der Waals surface area contributed by atoms with Crippen LogP contribution in [0.15, 0.2) is 12.3 Å². The summed E-state index contributed by atoms with van der Waals surface area (Å²) in [5.74, 6) is -1.96. The molecule has 0 aliphatic rings. The second-order valence-electron chi connectivity index (χ2n) is 1.16. The molecule has 0 radical (unpaired) electrons. The van der Waals surface area contributed by atoms with Crippen LogP contribution in [-0.4, -0.2) is 18.9 Å². The largest absolute Gasteiger partial charge is 1.00 e. The molecule has 0 N–H and O–H groups in total. The number of carbonyl (C=O) groups is 2. The Hall–Kier alpha value is -0.320. The number of hydrogen-bond donors (Lipinski definition) is 0. The molecule has 0 heterocycles. The van der Waals surface area contributed by atoms with Crippen LogP contribution >= 0.6 is 0 Å². The molecule has 0 amide bonds. The zero-order chi connectivity index (χ0) is 7.28. The number of esters is 1. The predicted octanol–water partition coefficient (Wildman–Crippen LogP) is -4.39. The molecule has 0 atom stereocenters. The van der Waals surface area contributed by atoms with Crippen LogP contribution < -0.4 is 34.7 Å². The molecule has 0 rings (SSSR count). The van der Waals surface area contributed by atoms with Gasteiger partial charge in [-0.15, -0.1) is 6.26 Å². The van der Waals surface area contributed by atoms with Crippen LogP contribution in [0.3, 0.4) is 0 Å². The van der Waals surface area contributed by atoms with Crippen LogP contribution in [0.2, 0.25) is 0 Å². The summed E-state index contributed by atoms with van der Waals surface area (Å²) >= 11 is 0. The number of ketones is 1. The molecule has 0 saturated heterocycles. The van der Waals surface area contributed by atoms with Crippen molar-refractivity contribution in [3.05, 3.63) is 12.3 Å². The van der Waals surface area contributed by atoms with E-state index in [0.29, 0.717) is 6.08 Å². The molecule has 5 heteroatoms. The quantitative estimate of drug-likeness (QED) is 0.132. The van der Waals surface area contributed by atoms with E-state index in [2.05, 4.69) is 4.74 Å². The molecular weight excluding hydrogens is 147 g/mol. The van der Waals surface area contributed by atoms with Gasteiger partial charge in [-0.05, 0) is 6.08 Å². The molecule has 0 bridgehead atoms. The Bertz CT molecular complexity index is 152. The van der Waals surface area contributed by atoms with Crippen LogP contribution in [0.4, 0.5) is 0 Å². The standard InChI is InChI=1S/C5H6O4.Na/c1-9-5(8)4(7)2-3-6;/h2-3,6H,1H3;/q;+1/p-1/b3-2+;. The topological polar surface area (TPSA) is 66.4 Å². The summed E-state index contributed by atoms with van der Waals surface area (Å²) < 4.78 is 3.99. The summed E-state index contributed by atoms with van der Waals surface area (Å²) in [5, 5.41) is 9.55. The molecular formula is C5H5NaO4. The minimum absolute atomic E-state index is 0. The van der Waals surface area contributed by atoms with Crippen LogP contribution in [0.5, 0.6) is 0 Å². The average molecular weight is 152 g/mol. The molecule has 0 spiro atoms. The first kappa shape index (κ1) is 12.4.